The molecular weight excluding hydrogens is 310 g/mol. The third-order valence-electron chi connectivity index (χ3n) is 2.79. The summed E-state index contributed by atoms with van der Waals surface area (Å²) in [6.07, 6.45) is 0. The highest BCUT2D eigenvalue weighted by molar-refractivity contribution is 7.98. The van der Waals surface area contributed by atoms with Gasteiger partial charge in [-0.2, -0.15) is 0 Å². The molecule has 2 rings (SSSR count). The van der Waals surface area contributed by atoms with Crippen LogP contribution in [-0.2, 0) is 5.75 Å². The molecule has 0 aromatic heterocycles. The van der Waals surface area contributed by atoms with Gasteiger partial charge in [-0.3, -0.25) is 4.79 Å². The lowest BCUT2D eigenvalue weighted by Crippen LogP contribution is -2.10. The molecule has 21 heavy (non-hydrogen) atoms. The molecule has 0 spiro atoms. The second kappa shape index (κ2) is 6.65. The predicted molar refractivity (Wildman–Crippen MR) is 82.9 cm³/mol. The summed E-state index contributed by atoms with van der Waals surface area (Å²) in [4.78, 5) is 22.9. The van der Waals surface area contributed by atoms with Crippen molar-refractivity contribution < 1.29 is 14.7 Å². The van der Waals surface area contributed by atoms with Crippen molar-refractivity contribution in [3.8, 4) is 0 Å². The minimum Gasteiger partial charge on any atom is -0.478 e. The average Bonchev–Trinajstić information content (AvgIpc) is 2.46. The number of carbonyl (C=O) groups is 2. The Morgan fingerprint density at radius 2 is 1.95 bits per heavy atom. The summed E-state index contributed by atoms with van der Waals surface area (Å²) in [5, 5.41) is 9.24. The minimum absolute atomic E-state index is 0.0764. The van der Waals surface area contributed by atoms with E-state index < -0.39 is 11.9 Å². The number of rotatable bonds is 5. The number of carboxylic acids is 1. The molecule has 1 amide bonds. The van der Waals surface area contributed by atoms with E-state index in [-0.39, 0.29) is 10.6 Å². The van der Waals surface area contributed by atoms with Crippen molar-refractivity contribution in [1.29, 1.82) is 0 Å². The topological polar surface area (TPSA) is 80.4 Å². The van der Waals surface area contributed by atoms with Gasteiger partial charge in [0, 0.05) is 16.2 Å². The van der Waals surface area contributed by atoms with E-state index in [0.717, 1.165) is 10.5 Å². The van der Waals surface area contributed by atoms with Crippen LogP contribution in [0.3, 0.4) is 0 Å². The molecule has 0 radical (unpaired) electrons. The molecular formula is C15H12ClNO3S. The van der Waals surface area contributed by atoms with Gasteiger partial charge in [0.1, 0.15) is 0 Å². The highest BCUT2D eigenvalue weighted by atomic mass is 35.5. The van der Waals surface area contributed by atoms with Crippen molar-refractivity contribution in [2.75, 3.05) is 0 Å². The number of carboxylic acid groups (broad SMARTS) is 1. The zero-order valence-electron chi connectivity index (χ0n) is 10.9. The molecule has 0 unspecified atom stereocenters. The molecule has 0 aliphatic carbocycles. The molecule has 0 bridgehead atoms. The first-order chi connectivity index (χ1) is 9.97. The molecule has 3 N–H and O–H groups in total. The van der Waals surface area contributed by atoms with E-state index in [2.05, 4.69) is 0 Å². The quantitative estimate of drug-likeness (QED) is 0.827. The van der Waals surface area contributed by atoms with Gasteiger partial charge in [-0.05, 0) is 35.9 Å². The highest BCUT2D eigenvalue weighted by Crippen LogP contribution is 2.27. The van der Waals surface area contributed by atoms with Crippen LogP contribution < -0.4 is 5.73 Å². The molecule has 108 valence electrons. The number of halogens is 1. The van der Waals surface area contributed by atoms with E-state index in [1.807, 2.05) is 6.07 Å². The Bertz CT molecular complexity index is 703. The summed E-state index contributed by atoms with van der Waals surface area (Å²) in [6, 6.07) is 11.9. The normalized spacial score (nSPS) is 10.3. The Labute approximate surface area is 130 Å². The summed E-state index contributed by atoms with van der Waals surface area (Å²) >= 11 is 7.28. The van der Waals surface area contributed by atoms with E-state index in [1.54, 1.807) is 30.3 Å². The van der Waals surface area contributed by atoms with Gasteiger partial charge in [-0.25, -0.2) is 4.79 Å². The lowest BCUT2D eigenvalue weighted by atomic mass is 10.1. The van der Waals surface area contributed by atoms with Crippen LogP contribution in [0.2, 0.25) is 5.02 Å². The Kier molecular flexibility index (Phi) is 4.88. The van der Waals surface area contributed by atoms with Crippen LogP contribution in [-0.4, -0.2) is 17.0 Å². The SMILES string of the molecule is NC(=O)c1cccc(CSc2ccc(Cl)c(C(=O)O)c2)c1. The number of primary amides is 1. The molecule has 2 aromatic carbocycles. The number of hydrogen-bond acceptors (Lipinski definition) is 3. The fourth-order valence-electron chi connectivity index (χ4n) is 1.74. The molecule has 0 saturated heterocycles. The van der Waals surface area contributed by atoms with Crippen molar-refractivity contribution in [2.24, 2.45) is 5.73 Å². The zero-order valence-corrected chi connectivity index (χ0v) is 12.4. The Morgan fingerprint density at radius 3 is 2.62 bits per heavy atom. The van der Waals surface area contributed by atoms with E-state index in [4.69, 9.17) is 22.4 Å². The van der Waals surface area contributed by atoms with Crippen molar-refractivity contribution >= 4 is 35.2 Å². The van der Waals surface area contributed by atoms with Crippen molar-refractivity contribution in [3.63, 3.8) is 0 Å². The smallest absolute Gasteiger partial charge is 0.337 e. The first kappa shape index (κ1) is 15.4. The Balaban J connectivity index is 2.13. The fraction of sp³-hybridized carbons (Fsp3) is 0.0667. The van der Waals surface area contributed by atoms with Gasteiger partial charge < -0.3 is 10.8 Å². The third-order valence-corrected chi connectivity index (χ3v) is 4.18. The largest absolute Gasteiger partial charge is 0.478 e. The molecule has 0 aliphatic rings. The first-order valence-corrected chi connectivity index (χ1v) is 7.38. The number of hydrogen-bond donors (Lipinski definition) is 2. The van der Waals surface area contributed by atoms with Gasteiger partial charge in [0.2, 0.25) is 5.91 Å². The maximum atomic E-state index is 11.1. The maximum absolute atomic E-state index is 11.1. The summed E-state index contributed by atoms with van der Waals surface area (Å²) in [5.41, 5.74) is 6.70. The van der Waals surface area contributed by atoms with Crippen LogP contribution in [0.4, 0.5) is 0 Å². The molecule has 0 fully saturated rings. The van der Waals surface area contributed by atoms with E-state index in [1.165, 1.54) is 17.8 Å². The lowest BCUT2D eigenvalue weighted by molar-refractivity contribution is 0.0696. The molecule has 2 aromatic rings. The van der Waals surface area contributed by atoms with Crippen molar-refractivity contribution in [3.05, 3.63) is 64.2 Å². The second-order valence-corrected chi connectivity index (χ2v) is 5.76. The van der Waals surface area contributed by atoms with Crippen LogP contribution in [0.5, 0.6) is 0 Å². The second-order valence-electron chi connectivity index (χ2n) is 4.30. The first-order valence-electron chi connectivity index (χ1n) is 6.02. The summed E-state index contributed by atoms with van der Waals surface area (Å²) in [5.74, 6) is -0.929. The Morgan fingerprint density at radius 1 is 1.19 bits per heavy atom. The highest BCUT2D eigenvalue weighted by Gasteiger charge is 2.10. The van der Waals surface area contributed by atoms with Crippen molar-refractivity contribution in [1.82, 2.24) is 0 Å². The molecule has 0 heterocycles. The van der Waals surface area contributed by atoms with Crippen molar-refractivity contribution in [2.45, 2.75) is 10.6 Å². The van der Waals surface area contributed by atoms with E-state index in [9.17, 15) is 9.59 Å². The zero-order chi connectivity index (χ0) is 15.4. The monoisotopic (exact) mass is 321 g/mol. The van der Waals surface area contributed by atoms with Gasteiger partial charge in [0.25, 0.3) is 0 Å². The fourth-order valence-corrected chi connectivity index (χ4v) is 2.82. The molecule has 0 aliphatic heterocycles. The summed E-state index contributed by atoms with van der Waals surface area (Å²) in [6.45, 7) is 0. The maximum Gasteiger partial charge on any atom is 0.337 e. The third kappa shape index (κ3) is 4.00. The van der Waals surface area contributed by atoms with Crippen LogP contribution >= 0.6 is 23.4 Å². The number of thioether (sulfide) groups is 1. The van der Waals surface area contributed by atoms with Gasteiger partial charge >= 0.3 is 5.97 Å². The number of nitrogens with two attached hydrogens (primary N) is 1. The number of carbonyl (C=O) groups excluding carboxylic acids is 1. The van der Waals surface area contributed by atoms with E-state index in [0.29, 0.717) is 11.3 Å². The van der Waals surface area contributed by atoms with Crippen LogP contribution in [0, 0.1) is 0 Å². The number of amides is 1. The summed E-state index contributed by atoms with van der Waals surface area (Å²) < 4.78 is 0. The van der Waals surface area contributed by atoms with Crippen LogP contribution in [0.25, 0.3) is 0 Å². The van der Waals surface area contributed by atoms with Gasteiger partial charge in [0.15, 0.2) is 0 Å². The minimum atomic E-state index is -1.06. The lowest BCUT2D eigenvalue weighted by Gasteiger charge is -2.06. The van der Waals surface area contributed by atoms with Gasteiger partial charge in [0.05, 0.1) is 10.6 Å². The van der Waals surface area contributed by atoms with Gasteiger partial charge in [-0.15, -0.1) is 11.8 Å². The standard InChI is InChI=1S/C15H12ClNO3S/c16-13-5-4-11(7-12(13)15(19)20)21-8-9-2-1-3-10(6-9)14(17)18/h1-7H,8H2,(H2,17,18)(H,19,20). The predicted octanol–water partition coefficient (Wildman–Crippen LogP) is 3.43. The molecule has 0 saturated carbocycles. The number of aromatic carboxylic acids is 1. The van der Waals surface area contributed by atoms with Crippen LogP contribution in [0.15, 0.2) is 47.4 Å². The molecule has 4 nitrogen and oxygen atoms in total. The number of benzene rings is 2. The van der Waals surface area contributed by atoms with E-state index >= 15 is 0 Å². The molecule has 0 atom stereocenters. The van der Waals surface area contributed by atoms with Gasteiger partial charge in [-0.1, -0.05) is 23.7 Å². The average molecular weight is 322 g/mol. The molecule has 6 heteroatoms. The van der Waals surface area contributed by atoms with Crippen LogP contribution in [0.1, 0.15) is 26.3 Å². The Hall–Kier alpha value is -1.98. The summed E-state index contributed by atoms with van der Waals surface area (Å²) in [7, 11) is 0.